The van der Waals surface area contributed by atoms with E-state index in [9.17, 15) is 14.0 Å². The summed E-state index contributed by atoms with van der Waals surface area (Å²) in [5.41, 5.74) is 1.67. The van der Waals surface area contributed by atoms with Gasteiger partial charge in [-0.3, -0.25) is 9.59 Å². The molecule has 2 aromatic heterocycles. The molecule has 0 fully saturated rings. The molecule has 4 rings (SSSR count). The molecule has 0 aliphatic heterocycles. The van der Waals surface area contributed by atoms with Gasteiger partial charge in [-0.05, 0) is 37.3 Å². The largest absolute Gasteiger partial charge is 0.435 e. The second kappa shape index (κ2) is 9.37. The first-order valence-corrected chi connectivity index (χ1v) is 10.5. The number of halogens is 2. The smallest absolute Gasteiger partial charge is 0.262 e. The Hall–Kier alpha value is -4.54. The Balaban J connectivity index is 1.74. The van der Waals surface area contributed by atoms with Crippen molar-refractivity contribution < 1.29 is 23.1 Å². The third-order valence-corrected chi connectivity index (χ3v) is 5.01. The number of carbonyl (C=O) groups is 2. The SMILES string of the molecule is CC(=O)Nc1ccc(Nc2ncnc(Oc3cc(F)c4[nH]c(C)cc4c3F)c2C(=O)N(C)C)cc1. The second-order valence-electron chi connectivity index (χ2n) is 8.00. The van der Waals surface area contributed by atoms with Gasteiger partial charge in [-0.1, -0.05) is 0 Å². The first-order chi connectivity index (χ1) is 16.6. The van der Waals surface area contributed by atoms with Crippen LogP contribution < -0.4 is 15.4 Å². The zero-order chi connectivity index (χ0) is 25.3. The number of fused-ring (bicyclic) bond motifs is 1. The summed E-state index contributed by atoms with van der Waals surface area (Å²) in [7, 11) is 3.06. The van der Waals surface area contributed by atoms with Crippen molar-refractivity contribution in [2.24, 2.45) is 0 Å². The molecule has 0 atom stereocenters. The predicted molar refractivity (Wildman–Crippen MR) is 127 cm³/mol. The number of nitrogens with one attached hydrogen (secondary N) is 3. The molecule has 0 aliphatic carbocycles. The highest BCUT2D eigenvalue weighted by Crippen LogP contribution is 2.35. The lowest BCUT2D eigenvalue weighted by Crippen LogP contribution is -2.24. The van der Waals surface area contributed by atoms with E-state index in [0.29, 0.717) is 17.1 Å². The molecule has 0 bridgehead atoms. The lowest BCUT2D eigenvalue weighted by atomic mass is 10.2. The van der Waals surface area contributed by atoms with Crippen LogP contribution in [0.4, 0.5) is 26.0 Å². The fraction of sp³-hybridized carbons (Fsp3) is 0.167. The number of amides is 2. The van der Waals surface area contributed by atoms with E-state index in [1.165, 1.54) is 32.0 Å². The Bertz CT molecular complexity index is 1430. The van der Waals surface area contributed by atoms with Crippen molar-refractivity contribution in [3.63, 3.8) is 0 Å². The molecule has 0 unspecified atom stereocenters. The fourth-order valence-electron chi connectivity index (χ4n) is 3.45. The summed E-state index contributed by atoms with van der Waals surface area (Å²) in [6, 6.07) is 9.05. The van der Waals surface area contributed by atoms with E-state index < -0.39 is 23.3 Å². The van der Waals surface area contributed by atoms with Crippen LogP contribution in [0.3, 0.4) is 0 Å². The second-order valence-corrected chi connectivity index (χ2v) is 8.00. The number of hydrogen-bond acceptors (Lipinski definition) is 6. The van der Waals surface area contributed by atoms with Crippen molar-refractivity contribution in [1.29, 1.82) is 0 Å². The molecule has 4 aromatic rings. The van der Waals surface area contributed by atoms with E-state index >= 15 is 4.39 Å². The molecule has 2 heterocycles. The Morgan fingerprint density at radius 3 is 2.40 bits per heavy atom. The van der Waals surface area contributed by atoms with Crippen LogP contribution in [0.15, 0.2) is 42.7 Å². The van der Waals surface area contributed by atoms with Gasteiger partial charge in [0.2, 0.25) is 11.8 Å². The van der Waals surface area contributed by atoms with Gasteiger partial charge in [0.1, 0.15) is 11.9 Å². The number of benzene rings is 2. The lowest BCUT2D eigenvalue weighted by molar-refractivity contribution is -0.114. The Kier molecular flexibility index (Phi) is 6.32. The summed E-state index contributed by atoms with van der Waals surface area (Å²) in [6.45, 7) is 3.08. The van der Waals surface area contributed by atoms with E-state index in [1.54, 1.807) is 31.2 Å². The average Bonchev–Trinajstić information content (AvgIpc) is 3.20. The third kappa shape index (κ3) is 4.88. The number of hydrogen-bond donors (Lipinski definition) is 3. The maximum Gasteiger partial charge on any atom is 0.262 e. The standard InChI is InChI=1S/C24H22F2N6O3/c1-12-9-16-20(26)18(10-17(25)21(16)29-12)35-23-19(24(34)32(3)4)22(27-11-28-23)31-15-7-5-14(6-8-15)30-13(2)33/h5-11,29H,1-4H3,(H,30,33)(H,27,28,31). The van der Waals surface area contributed by atoms with Crippen molar-refractivity contribution >= 4 is 39.9 Å². The van der Waals surface area contributed by atoms with E-state index in [0.717, 1.165) is 12.4 Å². The predicted octanol–water partition coefficient (Wildman–Crippen LogP) is 4.74. The van der Waals surface area contributed by atoms with Crippen molar-refractivity contribution in [3.05, 3.63) is 65.6 Å². The molecule has 0 spiro atoms. The summed E-state index contributed by atoms with van der Waals surface area (Å²) < 4.78 is 35.3. The summed E-state index contributed by atoms with van der Waals surface area (Å²) in [5.74, 6) is -2.81. The average molecular weight is 480 g/mol. The molecule has 2 aromatic carbocycles. The molecule has 180 valence electrons. The zero-order valence-electron chi connectivity index (χ0n) is 19.4. The van der Waals surface area contributed by atoms with Crippen LogP contribution in [0.2, 0.25) is 0 Å². The van der Waals surface area contributed by atoms with Gasteiger partial charge < -0.3 is 25.3 Å². The quantitative estimate of drug-likeness (QED) is 0.368. The highest BCUT2D eigenvalue weighted by atomic mass is 19.1. The Morgan fingerprint density at radius 1 is 1.06 bits per heavy atom. The van der Waals surface area contributed by atoms with Crippen LogP contribution in [0.1, 0.15) is 23.0 Å². The van der Waals surface area contributed by atoms with Crippen LogP contribution >= 0.6 is 0 Å². The molecule has 2 amide bonds. The number of aryl methyl sites for hydroxylation is 1. The first-order valence-electron chi connectivity index (χ1n) is 10.5. The lowest BCUT2D eigenvalue weighted by Gasteiger charge is -2.17. The van der Waals surface area contributed by atoms with Crippen molar-refractivity contribution in [2.45, 2.75) is 13.8 Å². The van der Waals surface area contributed by atoms with Gasteiger partial charge >= 0.3 is 0 Å². The highest BCUT2D eigenvalue weighted by molar-refractivity contribution is 6.01. The normalized spacial score (nSPS) is 10.8. The number of carbonyl (C=O) groups excluding carboxylic acids is 2. The van der Waals surface area contributed by atoms with Gasteiger partial charge in [0.05, 0.1) is 5.52 Å². The molecule has 3 N–H and O–H groups in total. The maximum absolute atomic E-state index is 15.1. The Labute approximate surface area is 199 Å². The van der Waals surface area contributed by atoms with E-state index in [-0.39, 0.29) is 34.1 Å². The number of nitrogens with zero attached hydrogens (tertiary/aromatic N) is 3. The minimum Gasteiger partial charge on any atom is -0.435 e. The number of aromatic nitrogens is 3. The molecule has 0 saturated carbocycles. The van der Waals surface area contributed by atoms with E-state index in [4.69, 9.17) is 4.74 Å². The molecular formula is C24H22F2N6O3. The van der Waals surface area contributed by atoms with E-state index in [1.807, 2.05) is 0 Å². The highest BCUT2D eigenvalue weighted by Gasteiger charge is 2.25. The van der Waals surface area contributed by atoms with Gasteiger partial charge in [-0.25, -0.2) is 18.7 Å². The van der Waals surface area contributed by atoms with Crippen LogP contribution in [-0.2, 0) is 4.79 Å². The number of H-pyrrole nitrogens is 1. The van der Waals surface area contributed by atoms with Crippen molar-refractivity contribution in [1.82, 2.24) is 19.9 Å². The fourth-order valence-corrected chi connectivity index (χ4v) is 3.45. The maximum atomic E-state index is 15.1. The van der Waals surface area contributed by atoms with Crippen molar-refractivity contribution in [3.8, 4) is 11.6 Å². The molecule has 0 radical (unpaired) electrons. The minimum absolute atomic E-state index is 0.0182. The molecule has 0 saturated heterocycles. The summed E-state index contributed by atoms with van der Waals surface area (Å²) in [5, 5.41) is 5.69. The Morgan fingerprint density at radius 2 is 1.74 bits per heavy atom. The molecular weight excluding hydrogens is 458 g/mol. The monoisotopic (exact) mass is 480 g/mol. The third-order valence-electron chi connectivity index (χ3n) is 5.01. The molecule has 35 heavy (non-hydrogen) atoms. The molecule has 0 aliphatic rings. The number of anilines is 3. The van der Waals surface area contributed by atoms with Crippen LogP contribution in [0.5, 0.6) is 11.6 Å². The zero-order valence-corrected chi connectivity index (χ0v) is 19.4. The van der Waals surface area contributed by atoms with Gasteiger partial charge in [-0.15, -0.1) is 0 Å². The van der Waals surface area contributed by atoms with Crippen LogP contribution in [0, 0.1) is 18.6 Å². The van der Waals surface area contributed by atoms with Gasteiger partial charge in [0.25, 0.3) is 5.91 Å². The van der Waals surface area contributed by atoms with E-state index in [2.05, 4.69) is 25.6 Å². The summed E-state index contributed by atoms with van der Waals surface area (Å²) in [4.78, 5) is 36.5. The number of aromatic amines is 1. The summed E-state index contributed by atoms with van der Waals surface area (Å²) >= 11 is 0. The van der Waals surface area contributed by atoms with Crippen LogP contribution in [-0.4, -0.2) is 45.8 Å². The molecule has 9 nitrogen and oxygen atoms in total. The van der Waals surface area contributed by atoms with Crippen LogP contribution in [0.25, 0.3) is 10.9 Å². The van der Waals surface area contributed by atoms with Crippen molar-refractivity contribution in [2.75, 3.05) is 24.7 Å². The first kappa shape index (κ1) is 23.6. The van der Waals surface area contributed by atoms with Gasteiger partial charge in [0, 0.05) is 49.5 Å². The van der Waals surface area contributed by atoms with Gasteiger partial charge in [-0.2, -0.15) is 0 Å². The topological polar surface area (TPSA) is 112 Å². The minimum atomic E-state index is -0.796. The number of rotatable bonds is 6. The molecule has 11 heteroatoms. The number of ether oxygens (including phenoxy) is 1. The summed E-state index contributed by atoms with van der Waals surface area (Å²) in [6.07, 6.45) is 1.14. The van der Waals surface area contributed by atoms with Gasteiger partial charge in [0.15, 0.2) is 23.2 Å².